The van der Waals surface area contributed by atoms with Crippen LogP contribution in [0, 0.1) is 0 Å². The molecule has 0 saturated heterocycles. The molecular formula is C21H15Cl2N4O4P. The lowest BCUT2D eigenvalue weighted by Crippen LogP contribution is -2.07. The van der Waals surface area contributed by atoms with Crippen LogP contribution in [0.5, 0.6) is 17.2 Å². The van der Waals surface area contributed by atoms with Crippen LogP contribution in [-0.2, 0) is 4.57 Å². The first kappa shape index (κ1) is 21.9. The number of phosphoric ester groups is 1. The Morgan fingerprint density at radius 1 is 0.656 bits per heavy atom. The van der Waals surface area contributed by atoms with E-state index in [2.05, 4.69) is 20.3 Å². The van der Waals surface area contributed by atoms with Crippen LogP contribution in [0.15, 0.2) is 84.9 Å². The Bertz CT molecular complexity index is 1180. The molecule has 0 aliphatic rings. The summed E-state index contributed by atoms with van der Waals surface area (Å²) in [5.74, 6) is 1.01. The molecule has 8 nitrogen and oxygen atoms in total. The first-order valence-electron chi connectivity index (χ1n) is 9.21. The fourth-order valence-electron chi connectivity index (χ4n) is 2.55. The van der Waals surface area contributed by atoms with E-state index in [1.165, 1.54) is 0 Å². The summed E-state index contributed by atoms with van der Waals surface area (Å²) in [6.07, 6.45) is 0. The average Bonchev–Trinajstić information content (AvgIpc) is 2.74. The third-order valence-corrected chi connectivity index (χ3v) is 5.45. The van der Waals surface area contributed by atoms with Crippen LogP contribution in [0.25, 0.3) is 0 Å². The molecule has 0 unspecified atom stereocenters. The highest BCUT2D eigenvalue weighted by molar-refractivity contribution is 7.49. The third kappa shape index (κ3) is 6.11. The molecule has 0 atom stereocenters. The van der Waals surface area contributed by atoms with Gasteiger partial charge in [-0.25, -0.2) is 0 Å². The summed E-state index contributed by atoms with van der Waals surface area (Å²) in [5.41, 5.74) is 0.520. The molecule has 1 heterocycles. The van der Waals surface area contributed by atoms with Crippen LogP contribution in [0.3, 0.4) is 0 Å². The number of rotatable bonds is 8. The number of para-hydroxylation sites is 2. The van der Waals surface area contributed by atoms with Crippen molar-refractivity contribution < 1.29 is 18.1 Å². The SMILES string of the molecule is O=P(Oc1ccccc1)(Oc1ccccc1)Oc1cccc(Nc2nc(Cl)nc(Cl)n2)c1. The smallest absolute Gasteiger partial charge is 0.386 e. The maximum absolute atomic E-state index is 13.5. The topological polar surface area (TPSA) is 95.5 Å². The van der Waals surface area contributed by atoms with E-state index in [4.69, 9.17) is 36.8 Å². The second-order valence-electron chi connectivity index (χ2n) is 6.20. The second kappa shape index (κ2) is 9.87. The van der Waals surface area contributed by atoms with Crippen molar-refractivity contribution in [1.29, 1.82) is 0 Å². The average molecular weight is 489 g/mol. The van der Waals surface area contributed by atoms with Gasteiger partial charge in [-0.1, -0.05) is 42.5 Å². The summed E-state index contributed by atoms with van der Waals surface area (Å²) in [7, 11) is -4.11. The van der Waals surface area contributed by atoms with E-state index < -0.39 is 7.82 Å². The van der Waals surface area contributed by atoms with Crippen LogP contribution in [0.2, 0.25) is 10.6 Å². The molecule has 162 valence electrons. The Balaban J connectivity index is 1.58. The quantitative estimate of drug-likeness (QED) is 0.278. The largest absolute Gasteiger partial charge is 0.647 e. The molecule has 11 heteroatoms. The van der Waals surface area contributed by atoms with Crippen molar-refractivity contribution in [3.05, 3.63) is 95.5 Å². The van der Waals surface area contributed by atoms with E-state index in [0.29, 0.717) is 17.2 Å². The maximum atomic E-state index is 13.5. The zero-order valence-corrected chi connectivity index (χ0v) is 18.7. The molecule has 1 aromatic heterocycles. The van der Waals surface area contributed by atoms with Gasteiger partial charge in [0.2, 0.25) is 16.5 Å². The van der Waals surface area contributed by atoms with E-state index in [1.54, 1.807) is 72.8 Å². The molecule has 0 fully saturated rings. The molecular weight excluding hydrogens is 474 g/mol. The number of halogens is 2. The summed E-state index contributed by atoms with van der Waals surface area (Å²) < 4.78 is 30.5. The summed E-state index contributed by atoms with van der Waals surface area (Å²) in [6, 6.07) is 23.8. The number of benzene rings is 3. The summed E-state index contributed by atoms with van der Waals surface area (Å²) >= 11 is 11.6. The Morgan fingerprint density at radius 3 is 1.72 bits per heavy atom. The van der Waals surface area contributed by atoms with Crippen LogP contribution in [0.4, 0.5) is 11.6 Å². The van der Waals surface area contributed by atoms with Gasteiger partial charge in [0.15, 0.2) is 0 Å². The molecule has 0 bridgehead atoms. The van der Waals surface area contributed by atoms with E-state index in [1.807, 2.05) is 12.1 Å². The van der Waals surface area contributed by atoms with Crippen LogP contribution >= 0.6 is 31.0 Å². The van der Waals surface area contributed by atoms with Gasteiger partial charge in [0.05, 0.1) is 0 Å². The normalized spacial score (nSPS) is 10.9. The molecule has 0 aliphatic heterocycles. The molecule has 3 aromatic carbocycles. The van der Waals surface area contributed by atoms with Gasteiger partial charge < -0.3 is 18.9 Å². The van der Waals surface area contributed by atoms with Crippen LogP contribution in [0.1, 0.15) is 0 Å². The first-order valence-corrected chi connectivity index (χ1v) is 11.4. The molecule has 32 heavy (non-hydrogen) atoms. The molecule has 0 aliphatic carbocycles. The Labute approximate surface area is 193 Å². The van der Waals surface area contributed by atoms with Crippen molar-refractivity contribution in [3.8, 4) is 17.2 Å². The highest BCUT2D eigenvalue weighted by Crippen LogP contribution is 2.50. The van der Waals surface area contributed by atoms with Crippen LogP contribution < -0.4 is 18.9 Å². The number of phosphoric acid groups is 1. The minimum absolute atomic E-state index is 0.0584. The van der Waals surface area contributed by atoms with Gasteiger partial charge in [0.1, 0.15) is 17.2 Å². The molecule has 4 rings (SSSR count). The highest BCUT2D eigenvalue weighted by atomic mass is 35.5. The number of nitrogens with one attached hydrogen (secondary N) is 1. The van der Waals surface area contributed by atoms with Crippen molar-refractivity contribution in [3.63, 3.8) is 0 Å². The van der Waals surface area contributed by atoms with Crippen molar-refractivity contribution in [1.82, 2.24) is 15.0 Å². The van der Waals surface area contributed by atoms with Gasteiger partial charge in [-0.05, 0) is 59.6 Å². The predicted octanol–water partition coefficient (Wildman–Crippen LogP) is 6.57. The predicted molar refractivity (Wildman–Crippen MR) is 122 cm³/mol. The fourth-order valence-corrected chi connectivity index (χ4v) is 4.15. The van der Waals surface area contributed by atoms with E-state index >= 15 is 0 Å². The lowest BCUT2D eigenvalue weighted by atomic mass is 10.3. The zero-order chi connectivity index (χ0) is 22.4. The molecule has 0 spiro atoms. The van der Waals surface area contributed by atoms with E-state index in [9.17, 15) is 4.57 Å². The Morgan fingerprint density at radius 2 is 1.16 bits per heavy atom. The van der Waals surface area contributed by atoms with Gasteiger partial charge in [0, 0.05) is 11.8 Å². The van der Waals surface area contributed by atoms with Gasteiger partial charge in [-0.3, -0.25) is 0 Å². The molecule has 1 N–H and O–H groups in total. The van der Waals surface area contributed by atoms with E-state index in [0.717, 1.165) is 0 Å². The Hall–Kier alpha value is -3.32. The maximum Gasteiger partial charge on any atom is 0.647 e. The van der Waals surface area contributed by atoms with Gasteiger partial charge >= 0.3 is 7.82 Å². The number of aromatic nitrogens is 3. The molecule has 0 saturated carbocycles. The second-order valence-corrected chi connectivity index (χ2v) is 8.32. The fraction of sp³-hybridized carbons (Fsp3) is 0. The molecule has 0 amide bonds. The Kier molecular flexibility index (Phi) is 6.75. The lowest BCUT2D eigenvalue weighted by Gasteiger charge is -2.19. The van der Waals surface area contributed by atoms with Gasteiger partial charge in [-0.2, -0.15) is 19.5 Å². The molecule has 0 radical (unpaired) electrons. The lowest BCUT2D eigenvalue weighted by molar-refractivity contribution is 0.298. The highest BCUT2D eigenvalue weighted by Gasteiger charge is 2.33. The van der Waals surface area contributed by atoms with Crippen LogP contribution in [-0.4, -0.2) is 15.0 Å². The number of hydrogen-bond acceptors (Lipinski definition) is 8. The monoisotopic (exact) mass is 488 g/mol. The zero-order valence-electron chi connectivity index (χ0n) is 16.3. The van der Waals surface area contributed by atoms with Crippen molar-refractivity contribution >= 4 is 42.7 Å². The minimum Gasteiger partial charge on any atom is -0.386 e. The number of hydrogen-bond donors (Lipinski definition) is 1. The number of anilines is 2. The van der Waals surface area contributed by atoms with Crippen molar-refractivity contribution in [2.75, 3.05) is 5.32 Å². The van der Waals surface area contributed by atoms with Gasteiger partial charge in [0.25, 0.3) is 0 Å². The third-order valence-electron chi connectivity index (χ3n) is 3.81. The molecule has 4 aromatic rings. The van der Waals surface area contributed by atoms with Gasteiger partial charge in [-0.15, -0.1) is 0 Å². The summed E-state index contributed by atoms with van der Waals surface area (Å²) in [4.78, 5) is 11.6. The summed E-state index contributed by atoms with van der Waals surface area (Å²) in [5, 5.41) is 2.81. The minimum atomic E-state index is -4.11. The first-order chi connectivity index (χ1) is 15.5. The van der Waals surface area contributed by atoms with Crippen molar-refractivity contribution in [2.45, 2.75) is 0 Å². The number of nitrogens with zero attached hydrogens (tertiary/aromatic N) is 3. The van der Waals surface area contributed by atoms with Crippen molar-refractivity contribution in [2.24, 2.45) is 0 Å². The standard InChI is InChI=1S/C21H15Cl2N4O4P/c22-19-25-20(23)27-21(26-19)24-15-8-7-13-18(14-15)31-32(28,29-16-9-3-1-4-10-16)30-17-11-5-2-6-12-17/h1-14H,(H,24,25,26,27). The van der Waals surface area contributed by atoms with E-state index in [-0.39, 0.29) is 22.3 Å². The summed E-state index contributed by atoms with van der Waals surface area (Å²) in [6.45, 7) is 0.